The number of carbonyl (C=O) groups is 4. The van der Waals surface area contributed by atoms with Gasteiger partial charge in [-0.3, -0.25) is 37.3 Å². The van der Waals surface area contributed by atoms with Gasteiger partial charge in [-0.15, -0.1) is 0 Å². The molecule has 0 aliphatic heterocycles. The normalized spacial score (nSPS) is 14.7. The van der Waals surface area contributed by atoms with Crippen LogP contribution in [0.2, 0.25) is 0 Å². The van der Waals surface area contributed by atoms with Gasteiger partial charge in [0.25, 0.3) is 0 Å². The molecule has 0 saturated heterocycles. The van der Waals surface area contributed by atoms with Crippen LogP contribution in [0.3, 0.4) is 0 Å². The zero-order valence-corrected chi connectivity index (χ0v) is 67.8. The maximum absolute atomic E-state index is 13.1. The Morgan fingerprint density at radius 1 is 0.274 bits per heavy atom. The van der Waals surface area contributed by atoms with Gasteiger partial charge in [0.1, 0.15) is 19.3 Å². The number of ether oxygens (including phenoxy) is 4. The fraction of sp³-hybridized carbons (Fsp3) is 0.655. The molecule has 0 aromatic carbocycles. The lowest BCUT2D eigenvalue weighted by Crippen LogP contribution is -2.30. The highest BCUT2D eigenvalue weighted by Gasteiger charge is 2.30. The van der Waals surface area contributed by atoms with E-state index in [9.17, 15) is 43.2 Å². The van der Waals surface area contributed by atoms with Gasteiger partial charge in [-0.2, -0.15) is 0 Å². The summed E-state index contributed by atoms with van der Waals surface area (Å²) in [6.45, 7) is 4.46. The standard InChI is InChI=1S/C87H144O17P2/c1-5-9-13-17-21-25-29-33-36-38-40-42-45-48-51-55-59-63-67-71-84(89)97-77-82(103-86(91)73-69-65-61-57-53-47-32-28-24-20-16-12-8-4)79-101-105(93,94)99-75-81(88)76-100-106(95,96)102-80-83(104-87(92)74-70-66-62-58-54-50-44-35-31-27-23-19-15-11-7-3)78-98-85(90)72-68-64-60-56-52-49-46-43-41-39-37-34-30-26-22-18-14-10-6-2/h10-11,14-16,20-23,25-28,32-37,40-44,54,58,81-83,88H,5-9,12-13,17-19,24,29-31,38-39,45-53,55-57,59-80H2,1-4H3,(H,93,94)(H,95,96)/b14-10-,15-11-,20-16-,25-21-,26-22-,27-23-,32-28-,36-33-,37-34-,42-40-,43-41-,44-35-,58-54-. The van der Waals surface area contributed by atoms with E-state index in [0.717, 1.165) is 205 Å². The summed E-state index contributed by atoms with van der Waals surface area (Å²) in [6.07, 6.45) is 90.8. The van der Waals surface area contributed by atoms with Crippen molar-refractivity contribution in [3.8, 4) is 0 Å². The topological polar surface area (TPSA) is 237 Å². The molecule has 0 bridgehead atoms. The predicted molar refractivity (Wildman–Crippen MR) is 436 cm³/mol. The summed E-state index contributed by atoms with van der Waals surface area (Å²) < 4.78 is 68.6. The highest BCUT2D eigenvalue weighted by molar-refractivity contribution is 7.47. The largest absolute Gasteiger partial charge is 0.472 e. The Kier molecular flexibility index (Phi) is 73.9. The van der Waals surface area contributed by atoms with Crippen molar-refractivity contribution in [3.05, 3.63) is 158 Å². The number of rotatable bonds is 75. The number of hydrogen-bond donors (Lipinski definition) is 3. The number of carbonyl (C=O) groups excluding carboxylic acids is 4. The van der Waals surface area contributed by atoms with Crippen LogP contribution < -0.4 is 0 Å². The van der Waals surface area contributed by atoms with E-state index >= 15 is 0 Å². The molecule has 17 nitrogen and oxygen atoms in total. The Hall–Kier alpha value is -5.32. The third-order valence-electron chi connectivity index (χ3n) is 16.4. The Morgan fingerprint density at radius 3 is 0.811 bits per heavy atom. The Morgan fingerprint density at radius 2 is 0.509 bits per heavy atom. The molecular weight excluding hydrogens is 1380 g/mol. The highest BCUT2D eigenvalue weighted by atomic mass is 31.2. The van der Waals surface area contributed by atoms with Crippen LogP contribution >= 0.6 is 15.6 Å². The Bertz CT molecular complexity index is 2630. The maximum atomic E-state index is 13.1. The van der Waals surface area contributed by atoms with Crippen LogP contribution in [0.1, 0.15) is 310 Å². The van der Waals surface area contributed by atoms with Crippen molar-refractivity contribution in [2.75, 3.05) is 39.6 Å². The Labute approximate surface area is 642 Å². The van der Waals surface area contributed by atoms with Gasteiger partial charge in [-0.1, -0.05) is 276 Å². The molecule has 106 heavy (non-hydrogen) atoms. The first-order chi connectivity index (χ1) is 51.7. The van der Waals surface area contributed by atoms with Crippen molar-refractivity contribution in [2.45, 2.75) is 329 Å². The van der Waals surface area contributed by atoms with Gasteiger partial charge in [-0.05, 0) is 167 Å². The number of hydrogen-bond acceptors (Lipinski definition) is 15. The van der Waals surface area contributed by atoms with Crippen molar-refractivity contribution < 1.29 is 80.2 Å². The fourth-order valence-corrected chi connectivity index (χ4v) is 11.9. The summed E-state index contributed by atoms with van der Waals surface area (Å²) in [4.78, 5) is 73.1. The number of esters is 4. The molecule has 0 saturated carbocycles. The number of phosphoric ester groups is 2. The van der Waals surface area contributed by atoms with Gasteiger partial charge < -0.3 is 33.8 Å². The van der Waals surface area contributed by atoms with Crippen molar-refractivity contribution in [1.29, 1.82) is 0 Å². The summed E-state index contributed by atoms with van der Waals surface area (Å²) in [5, 5.41) is 10.6. The lowest BCUT2D eigenvalue weighted by Gasteiger charge is -2.21. The number of aliphatic hydroxyl groups is 1. The summed E-state index contributed by atoms with van der Waals surface area (Å²) in [5.74, 6) is -2.27. The van der Waals surface area contributed by atoms with E-state index in [1.54, 1.807) is 0 Å². The van der Waals surface area contributed by atoms with E-state index in [-0.39, 0.29) is 25.7 Å². The second kappa shape index (κ2) is 77.8. The predicted octanol–water partition coefficient (Wildman–Crippen LogP) is 24.0. The monoisotopic (exact) mass is 1520 g/mol. The number of phosphoric acid groups is 2. The van der Waals surface area contributed by atoms with Crippen LogP contribution in [0, 0.1) is 0 Å². The fourth-order valence-electron chi connectivity index (χ4n) is 10.3. The van der Waals surface area contributed by atoms with E-state index in [1.807, 2.05) is 0 Å². The molecule has 0 aliphatic rings. The van der Waals surface area contributed by atoms with Crippen LogP contribution in [0.25, 0.3) is 0 Å². The number of aliphatic hydroxyl groups excluding tert-OH is 1. The zero-order chi connectivity index (χ0) is 77.4. The minimum Gasteiger partial charge on any atom is -0.462 e. The Balaban J connectivity index is 5.41. The zero-order valence-electron chi connectivity index (χ0n) is 66.1. The molecule has 19 heteroatoms. The molecule has 0 rings (SSSR count). The molecule has 0 heterocycles. The van der Waals surface area contributed by atoms with Crippen LogP contribution in [0.4, 0.5) is 0 Å². The number of allylic oxidation sites excluding steroid dienone is 26. The number of unbranched alkanes of at least 4 members (excludes halogenated alkanes) is 23. The average Bonchev–Trinajstić information content (AvgIpc) is 0.933. The van der Waals surface area contributed by atoms with Crippen LogP contribution in [0.15, 0.2) is 158 Å². The SMILES string of the molecule is CC/C=C\C/C=C\C/C=C\C/C=C\CCCCCCCCC(=O)OCC(COP(=O)(O)OCC(O)COP(=O)(O)OCC(COC(=O)CCCCCCCC/C=C\C/C=C\C/C=C\CCCCC)OC(=O)CCCCCCC/C=C\C/C=C\CCC)OC(=O)CCCC/C=C\C/C=C\C/C=C\C/C=C\CC. The smallest absolute Gasteiger partial charge is 0.462 e. The average molecular weight is 1520 g/mol. The van der Waals surface area contributed by atoms with Gasteiger partial charge in [-0.25, -0.2) is 9.13 Å². The van der Waals surface area contributed by atoms with E-state index in [4.69, 9.17) is 37.0 Å². The second-order valence-corrected chi connectivity index (χ2v) is 29.5. The van der Waals surface area contributed by atoms with Gasteiger partial charge in [0.05, 0.1) is 26.4 Å². The van der Waals surface area contributed by atoms with Crippen molar-refractivity contribution in [2.24, 2.45) is 0 Å². The van der Waals surface area contributed by atoms with Gasteiger partial charge >= 0.3 is 39.5 Å². The summed E-state index contributed by atoms with van der Waals surface area (Å²) in [7, 11) is -10.00. The van der Waals surface area contributed by atoms with Crippen LogP contribution in [-0.4, -0.2) is 96.7 Å². The first kappa shape index (κ1) is 101. The first-order valence-electron chi connectivity index (χ1n) is 40.7. The third-order valence-corrected chi connectivity index (χ3v) is 18.3. The molecule has 0 radical (unpaired) electrons. The maximum Gasteiger partial charge on any atom is 0.472 e. The van der Waals surface area contributed by atoms with E-state index in [2.05, 4.69) is 186 Å². The molecule has 0 aromatic heterocycles. The van der Waals surface area contributed by atoms with Crippen LogP contribution in [0.5, 0.6) is 0 Å². The van der Waals surface area contributed by atoms with Crippen molar-refractivity contribution in [1.82, 2.24) is 0 Å². The molecule has 0 fully saturated rings. The minimum atomic E-state index is -5.00. The summed E-state index contributed by atoms with van der Waals surface area (Å²) in [6, 6.07) is 0. The molecule has 5 unspecified atom stereocenters. The van der Waals surface area contributed by atoms with Gasteiger partial charge in [0.15, 0.2) is 12.2 Å². The molecule has 0 aliphatic carbocycles. The van der Waals surface area contributed by atoms with Crippen molar-refractivity contribution >= 4 is 39.5 Å². The van der Waals surface area contributed by atoms with E-state index < -0.39 is 97.5 Å². The second-order valence-electron chi connectivity index (χ2n) is 26.6. The molecule has 0 aromatic rings. The summed E-state index contributed by atoms with van der Waals surface area (Å²) in [5.41, 5.74) is 0. The minimum absolute atomic E-state index is 0.0338. The van der Waals surface area contributed by atoms with E-state index in [0.29, 0.717) is 32.1 Å². The molecule has 0 amide bonds. The molecule has 5 atom stereocenters. The van der Waals surface area contributed by atoms with E-state index in [1.165, 1.54) is 19.3 Å². The summed E-state index contributed by atoms with van der Waals surface area (Å²) >= 11 is 0. The quantitative estimate of drug-likeness (QED) is 0.0169. The molecular formula is C87H144O17P2. The van der Waals surface area contributed by atoms with Crippen LogP contribution in [-0.2, 0) is 65.4 Å². The van der Waals surface area contributed by atoms with Gasteiger partial charge in [0.2, 0.25) is 0 Å². The molecule has 0 spiro atoms. The molecule has 3 N–H and O–H groups in total. The van der Waals surface area contributed by atoms with Gasteiger partial charge in [0, 0.05) is 25.7 Å². The lowest BCUT2D eigenvalue weighted by molar-refractivity contribution is -0.161. The highest BCUT2D eigenvalue weighted by Crippen LogP contribution is 2.45. The first-order valence-corrected chi connectivity index (χ1v) is 43.7. The lowest BCUT2D eigenvalue weighted by atomic mass is 10.1. The molecule has 604 valence electrons. The third kappa shape index (κ3) is 76.9. The van der Waals surface area contributed by atoms with Crippen molar-refractivity contribution in [3.63, 3.8) is 0 Å².